The van der Waals surface area contributed by atoms with Crippen LogP contribution in [0.3, 0.4) is 0 Å². The third-order valence-corrected chi connectivity index (χ3v) is 4.15. The van der Waals surface area contributed by atoms with E-state index in [0.29, 0.717) is 0 Å². The van der Waals surface area contributed by atoms with E-state index in [1.165, 1.54) is 0 Å². The first kappa shape index (κ1) is 27.4. The molecule has 105 valence electrons. The van der Waals surface area contributed by atoms with Gasteiger partial charge in [0.2, 0.25) is 0 Å². The second-order valence-electron chi connectivity index (χ2n) is 4.38. The van der Waals surface area contributed by atoms with Crippen molar-refractivity contribution in [3.05, 3.63) is 13.3 Å². The third kappa shape index (κ3) is 9.89. The Labute approximate surface area is 140 Å². The summed E-state index contributed by atoms with van der Waals surface area (Å²) in [5.41, 5.74) is 0. The van der Waals surface area contributed by atoms with Crippen LogP contribution in [0, 0.1) is 42.9 Å². The van der Waals surface area contributed by atoms with E-state index in [-0.39, 0.29) is 17.1 Å². The Balaban J connectivity index is -0.000000106. The molecule has 0 saturated heterocycles. The van der Waals surface area contributed by atoms with Gasteiger partial charge in [-0.15, -0.1) is 31.5 Å². The Morgan fingerprint density at radius 1 is 0.667 bits per heavy atom. The SMILES string of the molecule is Br[B]Br.CC1C(C)C(C)C(C)C1C.[C-]#[O+].[C-]#[O+].[Fe]. The average Bonchev–Trinajstić information content (AvgIpc) is 2.54. The van der Waals surface area contributed by atoms with Gasteiger partial charge >= 0.3 is 22.6 Å². The molecule has 0 aliphatic heterocycles. The molecule has 0 aromatic rings. The summed E-state index contributed by atoms with van der Waals surface area (Å²) in [6, 6.07) is 0. The van der Waals surface area contributed by atoms with Crippen LogP contribution in [0.1, 0.15) is 34.6 Å². The van der Waals surface area contributed by atoms with E-state index >= 15 is 0 Å². The van der Waals surface area contributed by atoms with Crippen LogP contribution < -0.4 is 0 Å². The molecule has 0 spiro atoms. The summed E-state index contributed by atoms with van der Waals surface area (Å²) in [5, 5.41) is 0. The molecule has 1 saturated carbocycles. The zero-order valence-electron chi connectivity index (χ0n) is 11.4. The van der Waals surface area contributed by atoms with Gasteiger partial charge in [-0.05, 0) is 29.6 Å². The van der Waals surface area contributed by atoms with E-state index in [4.69, 9.17) is 9.30 Å². The van der Waals surface area contributed by atoms with Crippen molar-refractivity contribution in [3.63, 3.8) is 0 Å². The Morgan fingerprint density at radius 2 is 0.722 bits per heavy atom. The minimum atomic E-state index is 0. The number of hydrogen-bond donors (Lipinski definition) is 0. The van der Waals surface area contributed by atoms with Gasteiger partial charge in [0.25, 0.3) is 4.93 Å². The van der Waals surface area contributed by atoms with Crippen LogP contribution in [0.2, 0.25) is 0 Å². The second kappa shape index (κ2) is 18.0. The first-order valence-electron chi connectivity index (χ1n) is 5.40. The maximum absolute atomic E-state index is 7.50. The number of halogens is 2. The summed E-state index contributed by atoms with van der Waals surface area (Å²) < 4.78 is 15.0. The van der Waals surface area contributed by atoms with Gasteiger partial charge in [-0.2, -0.15) is 0 Å². The van der Waals surface area contributed by atoms with Crippen molar-refractivity contribution in [2.75, 3.05) is 0 Å². The Kier molecular flexibility index (Phi) is 27.4. The first-order chi connectivity index (χ1) is 7.97. The van der Waals surface area contributed by atoms with Crippen LogP contribution in [0.25, 0.3) is 0 Å². The molecule has 1 rings (SSSR count). The molecule has 0 N–H and O–H groups in total. The van der Waals surface area contributed by atoms with Crippen molar-refractivity contribution in [2.24, 2.45) is 29.6 Å². The van der Waals surface area contributed by atoms with Crippen LogP contribution >= 0.6 is 31.5 Å². The van der Waals surface area contributed by atoms with Gasteiger partial charge in [-0.25, -0.2) is 0 Å². The van der Waals surface area contributed by atoms with E-state index in [1.807, 2.05) is 0 Å². The van der Waals surface area contributed by atoms with Crippen LogP contribution in [-0.4, -0.2) is 4.93 Å². The predicted molar refractivity (Wildman–Crippen MR) is 77.3 cm³/mol. The summed E-state index contributed by atoms with van der Waals surface area (Å²) >= 11 is 5.88. The monoisotopic (exact) mass is 421 g/mol. The van der Waals surface area contributed by atoms with E-state index in [0.717, 1.165) is 29.6 Å². The second-order valence-corrected chi connectivity index (χ2v) is 6.52. The quantitative estimate of drug-likeness (QED) is 0.315. The minimum Gasteiger partial charge on any atom is 0 e. The Bertz CT molecular complexity index is 164. The zero-order chi connectivity index (χ0) is 14.6. The van der Waals surface area contributed by atoms with Crippen molar-refractivity contribution in [1.29, 1.82) is 0 Å². The summed E-state index contributed by atoms with van der Waals surface area (Å²) in [4.78, 5) is 1.62. The van der Waals surface area contributed by atoms with Gasteiger partial charge < -0.3 is 0 Å². The molecule has 1 aliphatic carbocycles. The van der Waals surface area contributed by atoms with E-state index in [2.05, 4.69) is 79.4 Å². The van der Waals surface area contributed by atoms with E-state index in [9.17, 15) is 0 Å². The first-order valence-corrected chi connectivity index (χ1v) is 7.23. The number of rotatable bonds is 0. The molecule has 0 bridgehead atoms. The van der Waals surface area contributed by atoms with Gasteiger partial charge in [0.15, 0.2) is 0 Å². The molecule has 0 unspecified atom stereocenters. The largest absolute Gasteiger partial charge is 0 e. The zero-order valence-corrected chi connectivity index (χ0v) is 15.7. The molecule has 0 atom stereocenters. The fraction of sp³-hybridized carbons (Fsp3) is 0.833. The van der Waals surface area contributed by atoms with Crippen LogP contribution in [0.4, 0.5) is 0 Å². The van der Waals surface area contributed by atoms with Gasteiger partial charge in [0.1, 0.15) is 0 Å². The van der Waals surface area contributed by atoms with Gasteiger partial charge in [-0.1, -0.05) is 34.6 Å². The molecule has 0 heterocycles. The average molecular weight is 423 g/mol. The maximum atomic E-state index is 7.50. The molecule has 6 heteroatoms. The molecule has 1 radical (unpaired) electrons. The Morgan fingerprint density at radius 3 is 0.778 bits per heavy atom. The van der Waals surface area contributed by atoms with Crippen molar-refractivity contribution in [3.8, 4) is 0 Å². The van der Waals surface area contributed by atoms with E-state index in [1.54, 1.807) is 4.93 Å². The smallest absolute Gasteiger partial charge is 0 e. The minimum absolute atomic E-state index is 0. The fourth-order valence-electron chi connectivity index (χ4n) is 2.39. The van der Waals surface area contributed by atoms with Crippen LogP contribution in [0.15, 0.2) is 0 Å². The van der Waals surface area contributed by atoms with Crippen LogP contribution in [0.5, 0.6) is 0 Å². The normalized spacial score (nSPS) is 31.8. The van der Waals surface area contributed by atoms with Crippen molar-refractivity contribution < 1.29 is 26.4 Å². The van der Waals surface area contributed by atoms with Crippen LogP contribution in [-0.2, 0) is 26.4 Å². The van der Waals surface area contributed by atoms with E-state index < -0.39 is 0 Å². The maximum Gasteiger partial charge on any atom is 0 e. The molecular formula is C12H20BBr2FeO2. The van der Waals surface area contributed by atoms with Crippen molar-refractivity contribution in [1.82, 2.24) is 0 Å². The van der Waals surface area contributed by atoms with Crippen molar-refractivity contribution >= 4 is 36.4 Å². The van der Waals surface area contributed by atoms with Gasteiger partial charge in [-0.3, -0.25) is 0 Å². The predicted octanol–water partition coefficient (Wildman–Crippen LogP) is 4.41. The molecule has 0 amide bonds. The molecule has 18 heavy (non-hydrogen) atoms. The van der Waals surface area contributed by atoms with Crippen molar-refractivity contribution in [2.45, 2.75) is 34.6 Å². The van der Waals surface area contributed by atoms with Gasteiger partial charge in [0, 0.05) is 17.1 Å². The third-order valence-electron chi connectivity index (χ3n) is 4.15. The number of hydrogen-bond acceptors (Lipinski definition) is 0. The summed E-state index contributed by atoms with van der Waals surface area (Å²) in [5.74, 6) is 4.68. The molecule has 0 aromatic carbocycles. The molecule has 0 aromatic heterocycles. The molecule has 1 fully saturated rings. The topological polar surface area (TPSA) is 39.8 Å². The van der Waals surface area contributed by atoms with Gasteiger partial charge in [0.05, 0.1) is 0 Å². The molecule has 2 nitrogen and oxygen atoms in total. The summed E-state index contributed by atoms with van der Waals surface area (Å²) in [6.07, 6.45) is 0. The Hall–Kier alpha value is 1.02. The summed E-state index contributed by atoms with van der Waals surface area (Å²) in [7, 11) is 0. The summed E-state index contributed by atoms with van der Waals surface area (Å²) in [6.45, 7) is 21.0. The standard InChI is InChI=1S/C10H20.2CO.BBr2.Fe/c1-6-7(2)9(4)10(5)8(6)3;2*1-2;2-1-3;/h6-10H,1-5H3;;;;. The molecular weight excluding hydrogens is 403 g/mol. The fourth-order valence-corrected chi connectivity index (χ4v) is 2.39. The molecule has 1 aliphatic rings.